The molecule has 0 saturated carbocycles. The van der Waals surface area contributed by atoms with E-state index < -0.39 is 6.23 Å². The third-order valence-corrected chi connectivity index (χ3v) is 5.71. The number of aliphatic hydroxyl groups excluding tert-OH is 1. The second-order valence-corrected chi connectivity index (χ2v) is 6.91. The van der Waals surface area contributed by atoms with Gasteiger partial charge in [-0.1, -0.05) is 29.5 Å². The van der Waals surface area contributed by atoms with E-state index >= 15 is 0 Å². The summed E-state index contributed by atoms with van der Waals surface area (Å²) in [5.74, 6) is 1.25. The number of alkyl halides is 1. The van der Waals surface area contributed by atoms with Crippen LogP contribution in [0, 0.1) is 17.2 Å². The zero-order valence-corrected chi connectivity index (χ0v) is 16.3. The fraction of sp³-hybridized carbons (Fsp3) is 0.562. The molecule has 2 aromatic heterocycles. The quantitative estimate of drug-likeness (QED) is 0.369. The topological polar surface area (TPSA) is 92.1 Å². The molecule has 130 valence electrons. The van der Waals surface area contributed by atoms with Crippen LogP contribution >= 0.6 is 22.6 Å². The van der Waals surface area contributed by atoms with Crippen molar-refractivity contribution in [2.24, 2.45) is 5.92 Å². The number of halogens is 1. The van der Waals surface area contributed by atoms with Crippen molar-refractivity contribution in [3.8, 4) is 6.07 Å². The number of aromatic amines is 1. The van der Waals surface area contributed by atoms with Gasteiger partial charge in [0.15, 0.2) is 0 Å². The van der Waals surface area contributed by atoms with Crippen molar-refractivity contribution in [1.82, 2.24) is 19.9 Å². The van der Waals surface area contributed by atoms with E-state index in [9.17, 15) is 5.11 Å². The van der Waals surface area contributed by atoms with E-state index in [1.54, 1.807) is 6.33 Å². The van der Waals surface area contributed by atoms with Crippen molar-refractivity contribution in [3.05, 3.63) is 18.6 Å². The van der Waals surface area contributed by atoms with Crippen LogP contribution in [-0.4, -0.2) is 62.3 Å². The van der Waals surface area contributed by atoms with Crippen LogP contribution in [0.1, 0.15) is 13.3 Å². The Hall–Kier alpha value is -1.44. The summed E-state index contributed by atoms with van der Waals surface area (Å²) >= 11 is 2.38. The SMILES string of the molecule is C[C@H](CI)[C@H](CN(C)C(O)CC#N)N(C)c1ncnc2[nH]ccc12. The van der Waals surface area contributed by atoms with Crippen LogP contribution in [0.25, 0.3) is 11.0 Å². The number of nitriles is 1. The van der Waals surface area contributed by atoms with Crippen molar-refractivity contribution in [2.75, 3.05) is 30.0 Å². The predicted molar refractivity (Wildman–Crippen MR) is 103 cm³/mol. The van der Waals surface area contributed by atoms with Gasteiger partial charge < -0.3 is 15.0 Å². The van der Waals surface area contributed by atoms with Crippen LogP contribution in [0.2, 0.25) is 0 Å². The number of hydrogen-bond donors (Lipinski definition) is 2. The van der Waals surface area contributed by atoms with Crippen molar-refractivity contribution < 1.29 is 5.11 Å². The maximum Gasteiger partial charge on any atom is 0.142 e. The molecule has 7 nitrogen and oxygen atoms in total. The van der Waals surface area contributed by atoms with E-state index in [0.717, 1.165) is 21.3 Å². The van der Waals surface area contributed by atoms with Gasteiger partial charge in [0.25, 0.3) is 0 Å². The van der Waals surface area contributed by atoms with Crippen molar-refractivity contribution >= 4 is 39.4 Å². The van der Waals surface area contributed by atoms with Gasteiger partial charge in [-0.05, 0) is 19.0 Å². The van der Waals surface area contributed by atoms with E-state index in [4.69, 9.17) is 5.26 Å². The van der Waals surface area contributed by atoms with E-state index in [1.165, 1.54) is 0 Å². The average Bonchev–Trinajstić information content (AvgIpc) is 3.07. The molecule has 0 spiro atoms. The molecule has 2 rings (SSSR count). The number of hydrogen-bond acceptors (Lipinski definition) is 6. The predicted octanol–water partition coefficient (Wildman–Crippen LogP) is 2.00. The molecule has 0 aliphatic heterocycles. The van der Waals surface area contributed by atoms with Gasteiger partial charge in [0.05, 0.1) is 17.9 Å². The summed E-state index contributed by atoms with van der Waals surface area (Å²) in [7, 11) is 3.86. The normalized spacial score (nSPS) is 15.2. The average molecular weight is 442 g/mol. The molecule has 0 amide bonds. The van der Waals surface area contributed by atoms with Crippen LogP contribution in [-0.2, 0) is 0 Å². The lowest BCUT2D eigenvalue weighted by atomic mass is 10.0. The molecule has 24 heavy (non-hydrogen) atoms. The summed E-state index contributed by atoms with van der Waals surface area (Å²) in [6.07, 6.45) is 2.76. The summed E-state index contributed by atoms with van der Waals surface area (Å²) < 4.78 is 0.982. The van der Waals surface area contributed by atoms with Crippen molar-refractivity contribution in [1.29, 1.82) is 5.26 Å². The van der Waals surface area contributed by atoms with E-state index in [2.05, 4.69) is 49.4 Å². The summed E-state index contributed by atoms with van der Waals surface area (Å²) in [4.78, 5) is 15.8. The Kier molecular flexibility index (Phi) is 6.77. The molecule has 3 atom stereocenters. The monoisotopic (exact) mass is 442 g/mol. The molecule has 1 unspecified atom stereocenters. The Balaban J connectivity index is 2.27. The smallest absolute Gasteiger partial charge is 0.142 e. The van der Waals surface area contributed by atoms with Crippen LogP contribution in [0.5, 0.6) is 0 Å². The Morgan fingerprint density at radius 3 is 2.83 bits per heavy atom. The molecule has 0 aliphatic carbocycles. The number of aromatic nitrogens is 3. The minimum atomic E-state index is -0.759. The van der Waals surface area contributed by atoms with E-state index in [0.29, 0.717) is 12.5 Å². The van der Waals surface area contributed by atoms with Gasteiger partial charge in [0.1, 0.15) is 24.0 Å². The van der Waals surface area contributed by atoms with E-state index in [-0.39, 0.29) is 12.5 Å². The Labute approximate surface area is 155 Å². The van der Waals surface area contributed by atoms with Gasteiger partial charge in [0, 0.05) is 30.3 Å². The Bertz CT molecular complexity index is 699. The highest BCUT2D eigenvalue weighted by molar-refractivity contribution is 14.1. The maximum atomic E-state index is 10.1. The number of nitrogens with zero attached hydrogens (tertiary/aromatic N) is 5. The Morgan fingerprint density at radius 1 is 1.42 bits per heavy atom. The fourth-order valence-electron chi connectivity index (χ4n) is 2.74. The zero-order chi connectivity index (χ0) is 17.7. The third kappa shape index (κ3) is 4.15. The fourth-order valence-corrected chi connectivity index (χ4v) is 3.33. The molecule has 8 heteroatoms. The molecular formula is C16H23IN6O. The number of rotatable bonds is 8. The lowest BCUT2D eigenvalue weighted by Gasteiger charge is -2.37. The first-order chi connectivity index (χ1) is 11.5. The largest absolute Gasteiger partial charge is 0.377 e. The number of nitrogens with one attached hydrogen (secondary N) is 1. The van der Waals surface area contributed by atoms with Gasteiger partial charge in [-0.2, -0.15) is 5.26 Å². The van der Waals surface area contributed by atoms with Crippen molar-refractivity contribution in [2.45, 2.75) is 25.6 Å². The summed E-state index contributed by atoms with van der Waals surface area (Å²) in [5, 5.41) is 19.8. The van der Waals surface area contributed by atoms with Crippen LogP contribution in [0.15, 0.2) is 18.6 Å². The highest BCUT2D eigenvalue weighted by Crippen LogP contribution is 2.26. The highest BCUT2D eigenvalue weighted by Gasteiger charge is 2.27. The van der Waals surface area contributed by atoms with Gasteiger partial charge in [-0.25, -0.2) is 9.97 Å². The molecule has 0 aromatic carbocycles. The van der Waals surface area contributed by atoms with Crippen LogP contribution in [0.4, 0.5) is 5.82 Å². The second-order valence-electron chi connectivity index (χ2n) is 6.03. The van der Waals surface area contributed by atoms with Crippen LogP contribution in [0.3, 0.4) is 0 Å². The number of anilines is 1. The minimum Gasteiger partial charge on any atom is -0.377 e. The number of H-pyrrole nitrogens is 1. The van der Waals surface area contributed by atoms with Crippen LogP contribution < -0.4 is 4.90 Å². The molecule has 0 saturated heterocycles. The molecule has 0 fully saturated rings. The molecule has 2 aromatic rings. The lowest BCUT2D eigenvalue weighted by Crippen LogP contribution is -2.48. The standard InChI is InChI=1S/C16H23IN6O/c1-11(8-17)13(9-22(2)14(24)4-6-18)23(3)16-12-5-7-19-15(12)20-10-21-16/h5,7,10-11,13-14,24H,4,8-9H2,1-3H3,(H,19,20,21)/t11-,13+,14?/m1/s1. The van der Waals surface area contributed by atoms with Crippen molar-refractivity contribution in [3.63, 3.8) is 0 Å². The third-order valence-electron chi connectivity index (χ3n) is 4.32. The zero-order valence-electron chi connectivity index (χ0n) is 14.1. The van der Waals surface area contributed by atoms with E-state index in [1.807, 2.05) is 37.3 Å². The lowest BCUT2D eigenvalue weighted by molar-refractivity contribution is 0.0201. The molecule has 0 radical (unpaired) electrons. The summed E-state index contributed by atoms with van der Waals surface area (Å²) in [5.41, 5.74) is 0.811. The molecule has 2 heterocycles. The first kappa shape index (κ1) is 18.9. The Morgan fingerprint density at radius 2 is 2.17 bits per heavy atom. The molecule has 0 bridgehead atoms. The maximum absolute atomic E-state index is 10.1. The number of aliphatic hydroxyl groups is 1. The highest BCUT2D eigenvalue weighted by atomic mass is 127. The first-order valence-corrected chi connectivity index (χ1v) is 9.34. The van der Waals surface area contributed by atoms with Gasteiger partial charge >= 0.3 is 0 Å². The van der Waals surface area contributed by atoms with Gasteiger partial charge in [0.2, 0.25) is 0 Å². The molecular weight excluding hydrogens is 419 g/mol. The second kappa shape index (κ2) is 8.60. The summed E-state index contributed by atoms with van der Waals surface area (Å²) in [6, 6.07) is 4.13. The molecule has 2 N–H and O–H groups in total. The first-order valence-electron chi connectivity index (χ1n) is 7.81. The molecule has 0 aliphatic rings. The number of likely N-dealkylation sites (N-methyl/N-ethyl adjacent to an activating group) is 2. The number of fused-ring (bicyclic) bond motifs is 1. The van der Waals surface area contributed by atoms with Gasteiger partial charge in [-0.15, -0.1) is 0 Å². The van der Waals surface area contributed by atoms with Gasteiger partial charge in [-0.3, -0.25) is 4.90 Å². The summed E-state index contributed by atoms with van der Waals surface area (Å²) in [6.45, 7) is 2.83. The minimum absolute atomic E-state index is 0.0983.